The Labute approximate surface area is 159 Å². The first kappa shape index (κ1) is 16.5. The van der Waals surface area contributed by atoms with Crippen molar-refractivity contribution in [2.75, 3.05) is 4.90 Å². The maximum absolute atomic E-state index is 13.1. The number of aryl methyl sites for hydroxylation is 1. The van der Waals surface area contributed by atoms with E-state index in [1.54, 1.807) is 29.4 Å². The Kier molecular flexibility index (Phi) is 4.31. The third-order valence-corrected chi connectivity index (χ3v) is 4.55. The van der Waals surface area contributed by atoms with Crippen molar-refractivity contribution < 1.29 is 9.21 Å². The lowest BCUT2D eigenvalue weighted by atomic mass is 10.1. The highest BCUT2D eigenvalue weighted by atomic mass is 79.9. The predicted molar refractivity (Wildman–Crippen MR) is 106 cm³/mol. The lowest BCUT2D eigenvalue weighted by Gasteiger charge is -2.19. The van der Waals surface area contributed by atoms with Gasteiger partial charge in [0.2, 0.25) is 0 Å². The summed E-state index contributed by atoms with van der Waals surface area (Å²) in [5.41, 5.74) is 3.13. The van der Waals surface area contributed by atoms with Crippen molar-refractivity contribution in [1.29, 1.82) is 0 Å². The van der Waals surface area contributed by atoms with Gasteiger partial charge in [0.05, 0.1) is 12.0 Å². The molecule has 0 bridgehead atoms. The Balaban J connectivity index is 1.84. The lowest BCUT2D eigenvalue weighted by molar-refractivity contribution is -0.113. The summed E-state index contributed by atoms with van der Waals surface area (Å²) in [6.07, 6.45) is 3.23. The highest BCUT2D eigenvalue weighted by molar-refractivity contribution is 9.10. The van der Waals surface area contributed by atoms with E-state index in [9.17, 15) is 4.79 Å². The summed E-state index contributed by atoms with van der Waals surface area (Å²) in [5.74, 6) is 1.01. The summed E-state index contributed by atoms with van der Waals surface area (Å²) >= 11 is 3.47. The normalized spacial score (nSPS) is 15.6. The number of furan rings is 1. The summed E-state index contributed by atoms with van der Waals surface area (Å²) in [4.78, 5) is 19.3. The summed E-state index contributed by atoms with van der Waals surface area (Å²) in [6, 6.07) is 19.2. The van der Waals surface area contributed by atoms with Crippen LogP contribution in [0, 0.1) is 6.92 Å². The smallest absolute Gasteiger partial charge is 0.282 e. The van der Waals surface area contributed by atoms with Crippen LogP contribution in [0.4, 0.5) is 5.69 Å². The number of anilines is 1. The van der Waals surface area contributed by atoms with Crippen LogP contribution in [0.1, 0.15) is 16.9 Å². The molecule has 0 N–H and O–H groups in total. The molecule has 1 aromatic heterocycles. The van der Waals surface area contributed by atoms with Gasteiger partial charge in [0.25, 0.3) is 5.91 Å². The van der Waals surface area contributed by atoms with Crippen LogP contribution in [-0.4, -0.2) is 11.7 Å². The van der Waals surface area contributed by atoms with E-state index in [2.05, 4.69) is 20.9 Å². The molecule has 0 atom stereocenters. The number of benzene rings is 2. The molecule has 1 amide bonds. The topological polar surface area (TPSA) is 45.8 Å². The third-order valence-electron chi connectivity index (χ3n) is 4.06. The predicted octanol–water partition coefficient (Wildman–Crippen LogP) is 5.19. The molecule has 0 unspecified atom stereocenters. The van der Waals surface area contributed by atoms with Gasteiger partial charge < -0.3 is 4.42 Å². The number of amides is 1. The molecule has 0 saturated carbocycles. The summed E-state index contributed by atoms with van der Waals surface area (Å²) in [6.45, 7) is 2.03. The van der Waals surface area contributed by atoms with E-state index in [0.717, 1.165) is 21.3 Å². The minimum atomic E-state index is -0.185. The maximum Gasteiger partial charge on any atom is 0.282 e. The highest BCUT2D eigenvalue weighted by Gasteiger charge is 2.32. The number of nitrogens with zero attached hydrogens (tertiary/aromatic N) is 2. The van der Waals surface area contributed by atoms with Crippen molar-refractivity contribution >= 4 is 39.4 Å². The second-order valence-electron chi connectivity index (χ2n) is 5.97. The van der Waals surface area contributed by atoms with Crippen LogP contribution in [0.5, 0.6) is 0 Å². The summed E-state index contributed by atoms with van der Waals surface area (Å²) in [5, 5.41) is 0. The molecule has 0 saturated heterocycles. The molecule has 0 radical (unpaired) electrons. The first-order chi connectivity index (χ1) is 12.6. The van der Waals surface area contributed by atoms with E-state index in [4.69, 9.17) is 4.42 Å². The van der Waals surface area contributed by atoms with Gasteiger partial charge in [-0.25, -0.2) is 4.99 Å². The Morgan fingerprint density at radius 2 is 1.88 bits per heavy atom. The zero-order valence-electron chi connectivity index (χ0n) is 14.0. The van der Waals surface area contributed by atoms with Crippen LogP contribution in [-0.2, 0) is 4.79 Å². The molecule has 0 aliphatic carbocycles. The monoisotopic (exact) mass is 406 g/mol. The van der Waals surface area contributed by atoms with E-state index < -0.39 is 0 Å². The first-order valence-corrected chi connectivity index (χ1v) is 8.92. The van der Waals surface area contributed by atoms with Gasteiger partial charge >= 0.3 is 0 Å². The Morgan fingerprint density at radius 3 is 2.58 bits per heavy atom. The highest BCUT2D eigenvalue weighted by Crippen LogP contribution is 2.29. The minimum absolute atomic E-state index is 0.185. The summed E-state index contributed by atoms with van der Waals surface area (Å²) in [7, 11) is 0. The standard InChI is InChI=1S/C21H15BrN2O2/c1-14-7-9-15(10-8-14)20-23-19(13-18-6-3-11-26-18)21(25)24(20)17-5-2-4-16(22)12-17/h2-13H,1H3/b19-13+. The van der Waals surface area contributed by atoms with E-state index in [1.807, 2.05) is 55.5 Å². The second kappa shape index (κ2) is 6.77. The van der Waals surface area contributed by atoms with Crippen molar-refractivity contribution in [3.8, 4) is 0 Å². The molecule has 1 aliphatic rings. The number of amidine groups is 1. The van der Waals surface area contributed by atoms with Crippen molar-refractivity contribution in [1.82, 2.24) is 0 Å². The molecule has 4 rings (SSSR count). The Bertz CT molecular complexity index is 1020. The van der Waals surface area contributed by atoms with Gasteiger partial charge in [0.15, 0.2) is 0 Å². The van der Waals surface area contributed by atoms with Gasteiger partial charge in [-0.1, -0.05) is 51.8 Å². The fraction of sp³-hybridized carbons (Fsp3) is 0.0476. The molecule has 1 aliphatic heterocycles. The molecule has 2 heterocycles. The van der Waals surface area contributed by atoms with E-state index >= 15 is 0 Å². The molecule has 0 fully saturated rings. The van der Waals surface area contributed by atoms with E-state index in [-0.39, 0.29) is 5.91 Å². The Hall–Kier alpha value is -2.92. The van der Waals surface area contributed by atoms with Gasteiger partial charge in [0, 0.05) is 16.1 Å². The van der Waals surface area contributed by atoms with E-state index in [0.29, 0.717) is 17.3 Å². The van der Waals surface area contributed by atoms with Gasteiger partial charge in [-0.05, 0) is 37.3 Å². The molecule has 0 spiro atoms. The van der Waals surface area contributed by atoms with Crippen molar-refractivity contribution in [2.45, 2.75) is 6.92 Å². The zero-order chi connectivity index (χ0) is 18.1. The average Bonchev–Trinajstić information content (AvgIpc) is 3.25. The van der Waals surface area contributed by atoms with Gasteiger partial charge in [0.1, 0.15) is 17.3 Å². The molecule has 2 aromatic carbocycles. The third kappa shape index (κ3) is 3.13. The number of carbonyl (C=O) groups is 1. The van der Waals surface area contributed by atoms with Gasteiger partial charge in [-0.15, -0.1) is 0 Å². The molecule has 3 aromatic rings. The fourth-order valence-corrected chi connectivity index (χ4v) is 3.16. The molecule has 4 nitrogen and oxygen atoms in total. The quantitative estimate of drug-likeness (QED) is 0.562. The van der Waals surface area contributed by atoms with Crippen LogP contribution < -0.4 is 4.90 Å². The summed E-state index contributed by atoms with van der Waals surface area (Å²) < 4.78 is 6.23. The fourth-order valence-electron chi connectivity index (χ4n) is 2.78. The number of aliphatic imine (C=N–C) groups is 1. The number of hydrogen-bond donors (Lipinski definition) is 0. The number of carbonyl (C=O) groups excluding carboxylic acids is 1. The second-order valence-corrected chi connectivity index (χ2v) is 6.88. The van der Waals surface area contributed by atoms with Crippen LogP contribution in [0.2, 0.25) is 0 Å². The zero-order valence-corrected chi connectivity index (χ0v) is 15.6. The number of halogens is 1. The van der Waals surface area contributed by atoms with Crippen LogP contribution in [0.15, 0.2) is 86.5 Å². The molecule has 5 heteroatoms. The number of hydrogen-bond acceptors (Lipinski definition) is 3. The van der Waals surface area contributed by atoms with Crippen LogP contribution in [0.25, 0.3) is 6.08 Å². The van der Waals surface area contributed by atoms with Crippen LogP contribution in [0.3, 0.4) is 0 Å². The average molecular weight is 407 g/mol. The molecule has 128 valence electrons. The minimum Gasteiger partial charge on any atom is -0.465 e. The van der Waals surface area contributed by atoms with Gasteiger partial charge in [-0.3, -0.25) is 9.69 Å². The van der Waals surface area contributed by atoms with Crippen molar-refractivity contribution in [2.24, 2.45) is 4.99 Å². The molecular formula is C21H15BrN2O2. The maximum atomic E-state index is 13.1. The van der Waals surface area contributed by atoms with Crippen molar-refractivity contribution in [3.05, 3.63) is 94.0 Å². The molecular weight excluding hydrogens is 392 g/mol. The lowest BCUT2D eigenvalue weighted by Crippen LogP contribution is -2.32. The van der Waals surface area contributed by atoms with E-state index in [1.165, 1.54) is 0 Å². The largest absolute Gasteiger partial charge is 0.465 e. The molecule has 26 heavy (non-hydrogen) atoms. The number of rotatable bonds is 3. The van der Waals surface area contributed by atoms with Crippen LogP contribution >= 0.6 is 15.9 Å². The first-order valence-electron chi connectivity index (χ1n) is 8.13. The SMILES string of the molecule is Cc1ccc(C2=N/C(=C/c3ccco3)C(=O)N2c2cccc(Br)c2)cc1. The van der Waals surface area contributed by atoms with Crippen molar-refractivity contribution in [3.63, 3.8) is 0 Å². The van der Waals surface area contributed by atoms with Gasteiger partial charge in [-0.2, -0.15) is 0 Å². The Morgan fingerprint density at radius 1 is 1.08 bits per heavy atom.